The number of quaternary nitrogens is 1. The minimum atomic E-state index is -4.38. The predicted octanol–water partition coefficient (Wildman–Crippen LogP) is 14.8. The first-order valence-corrected chi connectivity index (χ1v) is 26.5. The Morgan fingerprint density at radius 1 is 0.516 bits per heavy atom. The lowest BCUT2D eigenvalue weighted by Crippen LogP contribution is -2.37. The molecule has 0 aliphatic carbocycles. The van der Waals surface area contributed by atoms with Gasteiger partial charge in [-0.05, 0) is 77.0 Å². The maximum absolute atomic E-state index is 12.7. The van der Waals surface area contributed by atoms with Crippen molar-refractivity contribution in [3.8, 4) is 0 Å². The van der Waals surface area contributed by atoms with E-state index >= 15 is 0 Å². The molecule has 0 aliphatic heterocycles. The quantitative estimate of drug-likeness (QED) is 0.0212. The van der Waals surface area contributed by atoms with E-state index in [0.717, 1.165) is 83.5 Å². The molecular formula is C52H95NO8P+. The molecule has 0 aromatic carbocycles. The summed E-state index contributed by atoms with van der Waals surface area (Å²) < 4.78 is 34.4. The molecule has 360 valence electrons. The first kappa shape index (κ1) is 59.7. The number of nitrogens with zero attached hydrogens (tertiary/aromatic N) is 1. The number of unbranched alkanes of at least 4 members (excludes halogenated alkanes) is 21. The summed E-state index contributed by atoms with van der Waals surface area (Å²) >= 11 is 0. The molecule has 0 aromatic heterocycles. The standard InChI is InChI=1S/C52H94NO8P/c1-6-8-10-12-14-16-18-20-21-22-23-24-25-26-27-28-29-30-31-33-35-37-39-41-43-45-52(55)61-50(49-60-62(56,57)59-47-46-53(3,4)5)48-58-51(54)44-42-40-38-36-34-32-19-17-15-13-11-9-7-2/h8,10,14,16-17,19-21,23-24,50H,6-7,9,11-13,15,18,22,25-49H2,1-5H3/p+1/b10-8-,16-14-,19-17-,21-20-,24-23-. The summed E-state index contributed by atoms with van der Waals surface area (Å²) in [6.45, 7) is 4.29. The van der Waals surface area contributed by atoms with Crippen LogP contribution in [0, 0.1) is 0 Å². The third-order valence-corrected chi connectivity index (χ3v) is 11.5. The number of allylic oxidation sites excluding steroid dienone is 10. The van der Waals surface area contributed by atoms with E-state index in [2.05, 4.69) is 74.6 Å². The summed E-state index contributed by atoms with van der Waals surface area (Å²) in [6, 6.07) is 0. The van der Waals surface area contributed by atoms with Gasteiger partial charge in [-0.15, -0.1) is 0 Å². The van der Waals surface area contributed by atoms with Gasteiger partial charge in [0, 0.05) is 12.8 Å². The minimum absolute atomic E-state index is 0.0285. The number of likely N-dealkylation sites (N-methyl/N-ethyl adjacent to an activating group) is 1. The molecular weight excluding hydrogens is 798 g/mol. The molecule has 0 rings (SSSR count). The van der Waals surface area contributed by atoms with Gasteiger partial charge in [0.15, 0.2) is 6.10 Å². The van der Waals surface area contributed by atoms with Crippen molar-refractivity contribution in [1.82, 2.24) is 0 Å². The maximum Gasteiger partial charge on any atom is 0.472 e. The van der Waals surface area contributed by atoms with Crippen LogP contribution >= 0.6 is 7.82 Å². The summed E-state index contributed by atoms with van der Waals surface area (Å²) in [5.41, 5.74) is 0. The topological polar surface area (TPSA) is 108 Å². The van der Waals surface area contributed by atoms with Crippen LogP contribution in [-0.2, 0) is 32.7 Å². The third-order valence-electron chi connectivity index (χ3n) is 10.5. The number of hydrogen-bond donors (Lipinski definition) is 1. The fourth-order valence-corrected chi connectivity index (χ4v) is 7.39. The van der Waals surface area contributed by atoms with Crippen LogP contribution in [0.3, 0.4) is 0 Å². The number of rotatable bonds is 45. The van der Waals surface area contributed by atoms with E-state index in [1.807, 2.05) is 21.1 Å². The minimum Gasteiger partial charge on any atom is -0.462 e. The molecule has 2 unspecified atom stereocenters. The van der Waals surface area contributed by atoms with Gasteiger partial charge in [-0.3, -0.25) is 18.6 Å². The number of hydrogen-bond acceptors (Lipinski definition) is 7. The van der Waals surface area contributed by atoms with Crippen molar-refractivity contribution in [2.24, 2.45) is 0 Å². The van der Waals surface area contributed by atoms with Gasteiger partial charge in [-0.25, -0.2) is 4.57 Å². The Morgan fingerprint density at radius 3 is 1.39 bits per heavy atom. The second-order valence-corrected chi connectivity index (χ2v) is 19.3. The second kappa shape index (κ2) is 43.9. The number of carbonyl (C=O) groups is 2. The van der Waals surface area contributed by atoms with Gasteiger partial charge < -0.3 is 18.9 Å². The van der Waals surface area contributed by atoms with Crippen LogP contribution in [0.4, 0.5) is 0 Å². The summed E-state index contributed by atoms with van der Waals surface area (Å²) in [6.07, 6.45) is 54.2. The van der Waals surface area contributed by atoms with Gasteiger partial charge in [-0.1, -0.05) is 177 Å². The SMILES string of the molecule is CC/C=C\C/C=C\C/C=C\C/C=C\CCCCCCCCCCCCCCC(=O)OC(COC(=O)CCCCCCC/C=C\CCCCCC)COP(=O)(O)OCC[N+](C)(C)C. The number of esters is 2. The molecule has 0 heterocycles. The molecule has 0 amide bonds. The van der Waals surface area contributed by atoms with Crippen LogP contribution < -0.4 is 0 Å². The Kier molecular flexibility index (Phi) is 42.3. The lowest BCUT2D eigenvalue weighted by atomic mass is 10.0. The van der Waals surface area contributed by atoms with E-state index in [4.69, 9.17) is 18.5 Å². The molecule has 0 aliphatic rings. The van der Waals surface area contributed by atoms with Crippen molar-refractivity contribution in [3.63, 3.8) is 0 Å². The van der Waals surface area contributed by atoms with Crippen LogP contribution in [0.5, 0.6) is 0 Å². The molecule has 2 atom stereocenters. The van der Waals surface area contributed by atoms with Crippen LogP contribution in [0.2, 0.25) is 0 Å². The van der Waals surface area contributed by atoms with Crippen molar-refractivity contribution in [2.75, 3.05) is 47.5 Å². The highest BCUT2D eigenvalue weighted by Crippen LogP contribution is 2.43. The van der Waals surface area contributed by atoms with Crippen molar-refractivity contribution in [2.45, 2.75) is 213 Å². The van der Waals surface area contributed by atoms with Crippen molar-refractivity contribution >= 4 is 19.8 Å². The highest BCUT2D eigenvalue weighted by molar-refractivity contribution is 7.47. The van der Waals surface area contributed by atoms with Gasteiger partial charge in [0.2, 0.25) is 0 Å². The Morgan fingerprint density at radius 2 is 0.919 bits per heavy atom. The lowest BCUT2D eigenvalue weighted by molar-refractivity contribution is -0.870. The molecule has 0 aromatic rings. The van der Waals surface area contributed by atoms with Gasteiger partial charge in [-0.2, -0.15) is 0 Å². The molecule has 0 radical (unpaired) electrons. The molecule has 0 spiro atoms. The van der Waals surface area contributed by atoms with Gasteiger partial charge in [0.1, 0.15) is 19.8 Å². The van der Waals surface area contributed by atoms with Crippen molar-refractivity contribution in [3.05, 3.63) is 60.8 Å². The number of phosphoric acid groups is 1. The van der Waals surface area contributed by atoms with Gasteiger partial charge in [0.25, 0.3) is 0 Å². The lowest BCUT2D eigenvalue weighted by Gasteiger charge is -2.24. The van der Waals surface area contributed by atoms with Crippen LogP contribution in [0.25, 0.3) is 0 Å². The maximum atomic E-state index is 12.7. The van der Waals surface area contributed by atoms with Crippen LogP contribution in [0.15, 0.2) is 60.8 Å². The Labute approximate surface area is 381 Å². The average Bonchev–Trinajstić information content (AvgIpc) is 3.23. The van der Waals surface area contributed by atoms with E-state index in [1.54, 1.807) is 0 Å². The summed E-state index contributed by atoms with van der Waals surface area (Å²) in [5, 5.41) is 0. The first-order valence-electron chi connectivity index (χ1n) is 25.0. The molecule has 0 saturated carbocycles. The second-order valence-electron chi connectivity index (χ2n) is 17.8. The largest absolute Gasteiger partial charge is 0.472 e. The van der Waals surface area contributed by atoms with Gasteiger partial charge in [0.05, 0.1) is 27.7 Å². The predicted molar refractivity (Wildman–Crippen MR) is 261 cm³/mol. The summed E-state index contributed by atoms with van der Waals surface area (Å²) in [4.78, 5) is 35.5. The molecule has 0 saturated heterocycles. The Bertz CT molecular complexity index is 1240. The molecule has 9 nitrogen and oxygen atoms in total. The van der Waals surface area contributed by atoms with Crippen molar-refractivity contribution < 1.29 is 42.1 Å². The monoisotopic (exact) mass is 893 g/mol. The molecule has 62 heavy (non-hydrogen) atoms. The number of phosphoric ester groups is 1. The van der Waals surface area contributed by atoms with Gasteiger partial charge >= 0.3 is 19.8 Å². The zero-order valence-corrected chi connectivity index (χ0v) is 41.5. The molecule has 0 fully saturated rings. The average molecular weight is 893 g/mol. The zero-order chi connectivity index (χ0) is 45.7. The van der Waals surface area contributed by atoms with Crippen molar-refractivity contribution in [1.29, 1.82) is 0 Å². The van der Waals surface area contributed by atoms with E-state index in [-0.39, 0.29) is 32.0 Å². The number of ether oxygens (including phenoxy) is 2. The summed E-state index contributed by atoms with van der Waals surface area (Å²) in [7, 11) is 1.47. The van der Waals surface area contributed by atoms with E-state index < -0.39 is 26.5 Å². The number of carbonyl (C=O) groups excluding carboxylic acids is 2. The Balaban J connectivity index is 4.21. The normalized spacial score (nSPS) is 14.0. The molecule has 0 bridgehead atoms. The summed E-state index contributed by atoms with van der Waals surface area (Å²) in [5.74, 6) is -0.810. The molecule has 10 heteroatoms. The highest BCUT2D eigenvalue weighted by atomic mass is 31.2. The van der Waals surface area contributed by atoms with E-state index in [0.29, 0.717) is 17.4 Å². The van der Waals surface area contributed by atoms with E-state index in [1.165, 1.54) is 89.9 Å². The zero-order valence-electron chi connectivity index (χ0n) is 40.6. The van der Waals surface area contributed by atoms with Crippen LogP contribution in [0.1, 0.15) is 206 Å². The highest BCUT2D eigenvalue weighted by Gasteiger charge is 2.27. The van der Waals surface area contributed by atoms with E-state index in [9.17, 15) is 19.0 Å². The third kappa shape index (κ3) is 47.2. The first-order chi connectivity index (χ1) is 30.0. The smallest absolute Gasteiger partial charge is 0.462 e. The molecule has 1 N–H and O–H groups in total. The van der Waals surface area contributed by atoms with Crippen LogP contribution in [-0.4, -0.2) is 74.9 Å². The fourth-order valence-electron chi connectivity index (χ4n) is 6.65. The Hall–Kier alpha value is -2.29. The fraction of sp³-hybridized carbons (Fsp3) is 0.769.